The van der Waals surface area contributed by atoms with E-state index in [9.17, 15) is 0 Å². The van der Waals surface area contributed by atoms with Crippen molar-refractivity contribution >= 4 is 28.8 Å². The summed E-state index contributed by atoms with van der Waals surface area (Å²) in [5.41, 5.74) is 8.48. The van der Waals surface area contributed by atoms with Crippen molar-refractivity contribution in [2.24, 2.45) is 5.73 Å². The van der Waals surface area contributed by atoms with Gasteiger partial charge in [0.25, 0.3) is 0 Å². The van der Waals surface area contributed by atoms with Crippen molar-refractivity contribution in [3.8, 4) is 0 Å². The van der Waals surface area contributed by atoms with E-state index in [1.54, 1.807) is 0 Å². The Labute approximate surface area is 123 Å². The Balaban J connectivity index is 2.40. The highest BCUT2D eigenvalue weighted by atomic mass is 35.5. The molecule has 0 spiro atoms. The van der Waals surface area contributed by atoms with Crippen molar-refractivity contribution in [2.75, 3.05) is 0 Å². The van der Waals surface area contributed by atoms with Gasteiger partial charge in [0.05, 0.1) is 28.6 Å². The number of hydrogen-bond donors (Lipinski definition) is 1. The van der Waals surface area contributed by atoms with Gasteiger partial charge in [0, 0.05) is 12.7 Å². The molecule has 2 aromatic heterocycles. The molecule has 0 aliphatic carbocycles. The van der Waals surface area contributed by atoms with Crippen molar-refractivity contribution in [3.05, 3.63) is 40.4 Å². The molecule has 0 unspecified atom stereocenters. The van der Waals surface area contributed by atoms with Crippen molar-refractivity contribution < 1.29 is 0 Å². The standard InChI is InChI=1S/C13H17ClN4S/c1-3-9-12(14)11(18(4-2)16-9)8-17-7-5-6-10(17)13(15)19/h5-7H,3-4,8H2,1-2H3,(H2,15,19). The number of nitrogens with two attached hydrogens (primary N) is 1. The molecule has 0 aliphatic rings. The van der Waals surface area contributed by atoms with Gasteiger partial charge in [0.2, 0.25) is 0 Å². The maximum absolute atomic E-state index is 6.40. The van der Waals surface area contributed by atoms with Gasteiger partial charge in [-0.1, -0.05) is 30.7 Å². The van der Waals surface area contributed by atoms with Gasteiger partial charge in [-0.2, -0.15) is 5.10 Å². The molecule has 0 atom stereocenters. The lowest BCUT2D eigenvalue weighted by molar-refractivity contribution is 0.595. The summed E-state index contributed by atoms with van der Waals surface area (Å²) in [6, 6.07) is 3.83. The van der Waals surface area contributed by atoms with Crippen LogP contribution >= 0.6 is 23.8 Å². The molecule has 0 saturated heterocycles. The number of nitrogens with zero attached hydrogens (tertiary/aromatic N) is 3. The van der Waals surface area contributed by atoms with Crippen molar-refractivity contribution in [3.63, 3.8) is 0 Å². The molecular weight excluding hydrogens is 280 g/mol. The molecule has 0 bridgehead atoms. The second kappa shape index (κ2) is 5.75. The zero-order valence-corrected chi connectivity index (χ0v) is 12.6. The number of aromatic nitrogens is 3. The van der Waals surface area contributed by atoms with Crippen LogP contribution in [0.1, 0.15) is 30.9 Å². The Morgan fingerprint density at radius 1 is 1.47 bits per heavy atom. The number of rotatable bonds is 5. The molecule has 0 aromatic carbocycles. The van der Waals surface area contributed by atoms with E-state index in [2.05, 4.69) is 12.0 Å². The number of halogens is 1. The summed E-state index contributed by atoms with van der Waals surface area (Å²) in [6.45, 7) is 5.52. The van der Waals surface area contributed by atoms with Crippen LogP contribution in [0.3, 0.4) is 0 Å². The first kappa shape index (κ1) is 14.1. The van der Waals surface area contributed by atoms with Crippen LogP contribution in [0.2, 0.25) is 5.02 Å². The van der Waals surface area contributed by atoms with Crippen molar-refractivity contribution in [1.29, 1.82) is 0 Å². The van der Waals surface area contributed by atoms with Gasteiger partial charge in [-0.15, -0.1) is 0 Å². The first-order chi connectivity index (χ1) is 9.08. The molecule has 0 radical (unpaired) electrons. The molecule has 2 aromatic rings. The van der Waals surface area contributed by atoms with Crippen LogP contribution in [0.5, 0.6) is 0 Å². The maximum Gasteiger partial charge on any atom is 0.120 e. The smallest absolute Gasteiger partial charge is 0.120 e. The minimum Gasteiger partial charge on any atom is -0.388 e. The van der Waals surface area contributed by atoms with E-state index in [0.29, 0.717) is 11.5 Å². The van der Waals surface area contributed by atoms with Gasteiger partial charge in [0.1, 0.15) is 4.99 Å². The minimum atomic E-state index is 0.388. The average molecular weight is 297 g/mol. The highest BCUT2D eigenvalue weighted by molar-refractivity contribution is 7.80. The van der Waals surface area contributed by atoms with Crippen LogP contribution in [0.25, 0.3) is 0 Å². The first-order valence-corrected chi connectivity index (χ1v) is 7.06. The van der Waals surface area contributed by atoms with E-state index in [0.717, 1.165) is 35.1 Å². The Morgan fingerprint density at radius 3 is 2.79 bits per heavy atom. The van der Waals surface area contributed by atoms with E-state index in [-0.39, 0.29) is 0 Å². The van der Waals surface area contributed by atoms with E-state index in [1.807, 2.05) is 34.5 Å². The fourth-order valence-electron chi connectivity index (χ4n) is 2.11. The molecule has 6 heteroatoms. The zero-order valence-electron chi connectivity index (χ0n) is 11.1. The Morgan fingerprint density at radius 2 is 2.21 bits per heavy atom. The monoisotopic (exact) mass is 296 g/mol. The zero-order chi connectivity index (χ0) is 14.0. The number of thiocarbonyl (C=S) groups is 1. The van der Waals surface area contributed by atoms with Gasteiger partial charge in [-0.3, -0.25) is 4.68 Å². The van der Waals surface area contributed by atoms with Gasteiger partial charge >= 0.3 is 0 Å². The quantitative estimate of drug-likeness (QED) is 0.863. The van der Waals surface area contributed by atoms with E-state index in [1.165, 1.54) is 0 Å². The SMILES string of the molecule is CCc1nn(CC)c(Cn2cccc2C(N)=S)c1Cl. The molecule has 0 saturated carbocycles. The van der Waals surface area contributed by atoms with Crippen LogP contribution in [0.4, 0.5) is 0 Å². The third-order valence-electron chi connectivity index (χ3n) is 3.10. The lowest BCUT2D eigenvalue weighted by Crippen LogP contribution is -2.17. The molecule has 2 N–H and O–H groups in total. The average Bonchev–Trinajstić information content (AvgIpc) is 2.96. The summed E-state index contributed by atoms with van der Waals surface area (Å²) in [4.78, 5) is 0.388. The highest BCUT2D eigenvalue weighted by Gasteiger charge is 2.15. The second-order valence-electron chi connectivity index (χ2n) is 4.26. The van der Waals surface area contributed by atoms with E-state index < -0.39 is 0 Å². The molecule has 0 amide bonds. The summed E-state index contributed by atoms with van der Waals surface area (Å²) in [7, 11) is 0. The summed E-state index contributed by atoms with van der Waals surface area (Å²) in [5.74, 6) is 0. The topological polar surface area (TPSA) is 48.8 Å². The summed E-state index contributed by atoms with van der Waals surface area (Å²) >= 11 is 11.4. The normalized spacial score (nSPS) is 10.9. The summed E-state index contributed by atoms with van der Waals surface area (Å²) in [6.07, 6.45) is 2.77. The molecule has 2 rings (SSSR count). The molecule has 0 aliphatic heterocycles. The Hall–Kier alpha value is -1.33. The molecule has 102 valence electrons. The molecule has 0 fully saturated rings. The van der Waals surface area contributed by atoms with E-state index in [4.69, 9.17) is 29.6 Å². The third kappa shape index (κ3) is 2.67. The fraction of sp³-hybridized carbons (Fsp3) is 0.385. The van der Waals surface area contributed by atoms with Crippen LogP contribution in [-0.2, 0) is 19.5 Å². The van der Waals surface area contributed by atoms with Gasteiger partial charge in [0.15, 0.2) is 0 Å². The van der Waals surface area contributed by atoms with E-state index >= 15 is 0 Å². The molecule has 19 heavy (non-hydrogen) atoms. The van der Waals surface area contributed by atoms with Crippen LogP contribution in [-0.4, -0.2) is 19.3 Å². The number of aryl methyl sites for hydroxylation is 2. The van der Waals surface area contributed by atoms with Crippen molar-refractivity contribution in [1.82, 2.24) is 14.3 Å². The van der Waals surface area contributed by atoms with Crippen LogP contribution in [0, 0.1) is 0 Å². The summed E-state index contributed by atoms with van der Waals surface area (Å²) in [5, 5.41) is 5.25. The largest absolute Gasteiger partial charge is 0.388 e. The number of hydrogen-bond acceptors (Lipinski definition) is 2. The lowest BCUT2D eigenvalue weighted by atomic mass is 10.3. The molecule has 2 heterocycles. The van der Waals surface area contributed by atoms with Crippen molar-refractivity contribution in [2.45, 2.75) is 33.4 Å². The lowest BCUT2D eigenvalue weighted by Gasteiger charge is -2.10. The van der Waals surface area contributed by atoms with Gasteiger partial charge < -0.3 is 10.3 Å². The second-order valence-corrected chi connectivity index (χ2v) is 5.08. The predicted molar refractivity (Wildman–Crippen MR) is 81.7 cm³/mol. The third-order valence-corrected chi connectivity index (χ3v) is 3.74. The maximum atomic E-state index is 6.40. The van der Waals surface area contributed by atoms with Gasteiger partial charge in [-0.25, -0.2) is 0 Å². The van der Waals surface area contributed by atoms with Crippen LogP contribution < -0.4 is 5.73 Å². The molecular formula is C13H17ClN4S. The van der Waals surface area contributed by atoms with Crippen LogP contribution in [0.15, 0.2) is 18.3 Å². The fourth-order valence-corrected chi connectivity index (χ4v) is 2.62. The highest BCUT2D eigenvalue weighted by Crippen LogP contribution is 2.23. The summed E-state index contributed by atoms with van der Waals surface area (Å²) < 4.78 is 3.93. The minimum absolute atomic E-state index is 0.388. The Bertz CT molecular complexity index is 600. The predicted octanol–water partition coefficient (Wildman–Crippen LogP) is 2.60. The first-order valence-electron chi connectivity index (χ1n) is 6.27. The Kier molecular flexibility index (Phi) is 4.27. The van der Waals surface area contributed by atoms with Gasteiger partial charge in [-0.05, 0) is 25.5 Å². The molecule has 4 nitrogen and oxygen atoms in total.